The van der Waals surface area contributed by atoms with Gasteiger partial charge in [0.15, 0.2) is 0 Å². The van der Waals surface area contributed by atoms with Crippen molar-refractivity contribution in [2.45, 2.75) is 45.2 Å². The van der Waals surface area contributed by atoms with Gasteiger partial charge in [-0.15, -0.1) is 0 Å². The van der Waals surface area contributed by atoms with Crippen LogP contribution < -0.4 is 15.4 Å². The van der Waals surface area contributed by atoms with E-state index in [-0.39, 0.29) is 5.91 Å². The van der Waals surface area contributed by atoms with Crippen LogP contribution in [-0.4, -0.2) is 25.6 Å². The number of carbonyl (C=O) groups is 1. The van der Waals surface area contributed by atoms with Gasteiger partial charge in [-0.25, -0.2) is 0 Å². The highest BCUT2D eigenvalue weighted by Crippen LogP contribution is 2.25. The second-order valence-electron chi connectivity index (χ2n) is 5.34. The summed E-state index contributed by atoms with van der Waals surface area (Å²) in [7, 11) is 1.66. The first-order valence-electron chi connectivity index (χ1n) is 7.36. The molecule has 0 atom stereocenters. The molecule has 1 aromatic carbocycles. The summed E-state index contributed by atoms with van der Waals surface area (Å²) >= 11 is 0. The highest BCUT2D eigenvalue weighted by molar-refractivity contribution is 5.75. The van der Waals surface area contributed by atoms with Gasteiger partial charge in [-0.05, 0) is 31.7 Å². The fraction of sp³-hybridized carbons (Fsp3) is 0.562. The van der Waals surface area contributed by atoms with E-state index in [0.717, 1.165) is 24.3 Å². The van der Waals surface area contributed by atoms with Crippen molar-refractivity contribution >= 4 is 5.91 Å². The van der Waals surface area contributed by atoms with Crippen LogP contribution in [0, 0.1) is 6.92 Å². The zero-order chi connectivity index (χ0) is 14.4. The third kappa shape index (κ3) is 4.53. The molecule has 0 bridgehead atoms. The Labute approximate surface area is 120 Å². The van der Waals surface area contributed by atoms with Crippen LogP contribution in [0.2, 0.25) is 0 Å². The molecule has 1 aliphatic rings. The molecule has 1 fully saturated rings. The Morgan fingerprint density at radius 1 is 1.40 bits per heavy atom. The molecule has 0 saturated heterocycles. The van der Waals surface area contributed by atoms with Crippen LogP contribution in [-0.2, 0) is 11.3 Å². The molecule has 20 heavy (non-hydrogen) atoms. The molecule has 1 amide bonds. The van der Waals surface area contributed by atoms with Crippen molar-refractivity contribution in [2.75, 3.05) is 13.7 Å². The van der Waals surface area contributed by atoms with Crippen LogP contribution in [0.25, 0.3) is 0 Å². The Balaban J connectivity index is 1.85. The second-order valence-corrected chi connectivity index (χ2v) is 5.34. The van der Waals surface area contributed by atoms with Crippen LogP contribution in [0.4, 0.5) is 0 Å². The molecule has 1 saturated carbocycles. The van der Waals surface area contributed by atoms with E-state index in [0.29, 0.717) is 19.1 Å². The molecule has 0 aliphatic heterocycles. The Hall–Kier alpha value is -1.55. The van der Waals surface area contributed by atoms with Crippen molar-refractivity contribution in [1.82, 2.24) is 10.6 Å². The second kappa shape index (κ2) is 7.29. The van der Waals surface area contributed by atoms with E-state index in [1.165, 1.54) is 18.4 Å². The van der Waals surface area contributed by atoms with Gasteiger partial charge in [-0.1, -0.05) is 18.2 Å². The van der Waals surface area contributed by atoms with Crippen molar-refractivity contribution in [3.05, 3.63) is 29.3 Å². The van der Waals surface area contributed by atoms with Crippen molar-refractivity contribution in [3.8, 4) is 5.75 Å². The lowest BCUT2D eigenvalue weighted by atomic mass is 10.1. The molecule has 4 nitrogen and oxygen atoms in total. The largest absolute Gasteiger partial charge is 0.493 e. The molecule has 0 radical (unpaired) electrons. The standard InChI is InChI=1S/C16H24N2O2/c1-12-5-3-6-13(11-18-14-8-9-14)16(12)20-10-4-7-15(19)17-2/h3,5-6,14,18H,4,7-11H2,1-2H3,(H,17,19). The van der Waals surface area contributed by atoms with Gasteiger partial charge in [0.25, 0.3) is 0 Å². The van der Waals surface area contributed by atoms with Crippen molar-refractivity contribution < 1.29 is 9.53 Å². The summed E-state index contributed by atoms with van der Waals surface area (Å²) < 4.78 is 5.90. The molecule has 4 heteroatoms. The third-order valence-corrected chi connectivity index (χ3v) is 3.53. The van der Waals surface area contributed by atoms with E-state index in [1.54, 1.807) is 7.05 Å². The molecule has 0 unspecified atom stereocenters. The molecule has 2 N–H and O–H groups in total. The Kier molecular flexibility index (Phi) is 5.41. The topological polar surface area (TPSA) is 50.4 Å². The van der Waals surface area contributed by atoms with Crippen molar-refractivity contribution in [2.24, 2.45) is 0 Å². The maximum absolute atomic E-state index is 11.2. The van der Waals surface area contributed by atoms with Gasteiger partial charge in [0.05, 0.1) is 6.61 Å². The van der Waals surface area contributed by atoms with Gasteiger partial charge in [0, 0.05) is 31.6 Å². The van der Waals surface area contributed by atoms with Crippen molar-refractivity contribution in [1.29, 1.82) is 0 Å². The van der Waals surface area contributed by atoms with E-state index in [1.807, 2.05) is 0 Å². The predicted octanol–water partition coefficient (Wildman–Crippen LogP) is 2.15. The summed E-state index contributed by atoms with van der Waals surface area (Å²) in [6, 6.07) is 6.93. The van der Waals surface area contributed by atoms with Crippen LogP contribution in [0.15, 0.2) is 18.2 Å². The van der Waals surface area contributed by atoms with E-state index >= 15 is 0 Å². The average Bonchev–Trinajstić information content (AvgIpc) is 3.27. The molecule has 0 spiro atoms. The van der Waals surface area contributed by atoms with Crippen LogP contribution in [0.5, 0.6) is 5.75 Å². The minimum absolute atomic E-state index is 0.0639. The maximum atomic E-state index is 11.2. The van der Waals surface area contributed by atoms with Gasteiger partial charge in [-0.2, -0.15) is 0 Å². The average molecular weight is 276 g/mol. The number of carbonyl (C=O) groups excluding carboxylic acids is 1. The first-order chi connectivity index (χ1) is 9.70. The number of hydrogen-bond donors (Lipinski definition) is 2. The van der Waals surface area contributed by atoms with Gasteiger partial charge >= 0.3 is 0 Å². The SMILES string of the molecule is CNC(=O)CCCOc1c(C)cccc1CNC1CC1. The maximum Gasteiger partial charge on any atom is 0.219 e. The number of ether oxygens (including phenoxy) is 1. The summed E-state index contributed by atoms with van der Waals surface area (Å²) in [6.07, 6.45) is 3.82. The van der Waals surface area contributed by atoms with Crippen LogP contribution in [0.3, 0.4) is 0 Å². The van der Waals surface area contributed by atoms with Crippen LogP contribution >= 0.6 is 0 Å². The fourth-order valence-corrected chi connectivity index (χ4v) is 2.13. The molecule has 2 rings (SSSR count). The predicted molar refractivity (Wildman–Crippen MR) is 79.8 cm³/mol. The summed E-state index contributed by atoms with van der Waals surface area (Å²) in [5.41, 5.74) is 2.36. The lowest BCUT2D eigenvalue weighted by Crippen LogP contribution is -2.18. The zero-order valence-corrected chi connectivity index (χ0v) is 12.4. The Morgan fingerprint density at radius 3 is 2.90 bits per heavy atom. The summed E-state index contributed by atoms with van der Waals surface area (Å²) in [6.45, 7) is 3.50. The summed E-state index contributed by atoms with van der Waals surface area (Å²) in [5.74, 6) is 1.03. The molecule has 1 aliphatic carbocycles. The Bertz CT molecular complexity index is 456. The number of para-hydroxylation sites is 1. The smallest absolute Gasteiger partial charge is 0.219 e. The lowest BCUT2D eigenvalue weighted by molar-refractivity contribution is -0.120. The number of hydrogen-bond acceptors (Lipinski definition) is 3. The van der Waals surface area contributed by atoms with Crippen molar-refractivity contribution in [3.63, 3.8) is 0 Å². The molecule has 0 heterocycles. The lowest BCUT2D eigenvalue weighted by Gasteiger charge is -2.14. The Morgan fingerprint density at radius 2 is 2.20 bits per heavy atom. The minimum Gasteiger partial charge on any atom is -0.493 e. The number of aryl methyl sites for hydroxylation is 1. The van der Waals surface area contributed by atoms with E-state index < -0.39 is 0 Å². The van der Waals surface area contributed by atoms with Crippen LogP contribution in [0.1, 0.15) is 36.8 Å². The monoisotopic (exact) mass is 276 g/mol. The molecule has 0 aromatic heterocycles. The van der Waals surface area contributed by atoms with Gasteiger partial charge in [0.1, 0.15) is 5.75 Å². The number of benzene rings is 1. The van der Waals surface area contributed by atoms with Gasteiger partial charge in [0.2, 0.25) is 5.91 Å². The number of rotatable bonds is 8. The molecular formula is C16H24N2O2. The zero-order valence-electron chi connectivity index (χ0n) is 12.4. The quantitative estimate of drug-likeness (QED) is 0.715. The fourth-order valence-electron chi connectivity index (χ4n) is 2.13. The molecular weight excluding hydrogens is 252 g/mol. The third-order valence-electron chi connectivity index (χ3n) is 3.53. The first kappa shape index (κ1) is 14.9. The van der Waals surface area contributed by atoms with Gasteiger partial charge in [-0.3, -0.25) is 4.79 Å². The highest BCUT2D eigenvalue weighted by atomic mass is 16.5. The minimum atomic E-state index is 0.0639. The summed E-state index contributed by atoms with van der Waals surface area (Å²) in [4.78, 5) is 11.2. The van der Waals surface area contributed by atoms with E-state index in [9.17, 15) is 4.79 Å². The number of nitrogens with one attached hydrogen (secondary N) is 2. The number of amides is 1. The molecule has 1 aromatic rings. The van der Waals surface area contributed by atoms with Gasteiger partial charge < -0.3 is 15.4 Å². The first-order valence-corrected chi connectivity index (χ1v) is 7.36. The normalized spacial score (nSPS) is 14.1. The van der Waals surface area contributed by atoms with E-state index in [4.69, 9.17) is 4.74 Å². The molecule has 110 valence electrons. The highest BCUT2D eigenvalue weighted by Gasteiger charge is 2.20. The van der Waals surface area contributed by atoms with E-state index in [2.05, 4.69) is 35.8 Å². The summed E-state index contributed by atoms with van der Waals surface area (Å²) in [5, 5.41) is 6.14.